The molecular formula is C56H34N2O. The lowest BCUT2D eigenvalue weighted by Crippen LogP contribution is -1.95. The van der Waals surface area contributed by atoms with E-state index in [-0.39, 0.29) is 0 Å². The first-order valence-electron chi connectivity index (χ1n) is 20.3. The standard InChI is InChI=1S/C56H34N2O/c1-3-16-38(17-4-1)57-29-28-36-30-48-44(33-52(36)57)45-34-54-47(42-22-10-12-25-53(42)59-54)32-49(45)55(56(48)43-23-13-15-35-14-7-8-20-40(35)43)37-26-27-51-46(31-37)41-21-9-11-24-50(41)58(51)39-18-5-2-6-19-39/h1-34H. The first kappa shape index (κ1) is 32.2. The number of para-hydroxylation sites is 4. The quantitative estimate of drug-likeness (QED) is 0.164. The molecule has 0 fully saturated rings. The van der Waals surface area contributed by atoms with Crippen molar-refractivity contribution in [1.29, 1.82) is 0 Å². The first-order chi connectivity index (χ1) is 29.3. The van der Waals surface area contributed by atoms with Gasteiger partial charge in [-0.3, -0.25) is 0 Å². The van der Waals surface area contributed by atoms with Crippen LogP contribution in [0.1, 0.15) is 0 Å². The summed E-state index contributed by atoms with van der Waals surface area (Å²) < 4.78 is 11.3. The number of hydrogen-bond acceptors (Lipinski definition) is 1. The van der Waals surface area contributed by atoms with Crippen LogP contribution >= 0.6 is 0 Å². The highest BCUT2D eigenvalue weighted by Gasteiger charge is 2.23. The molecule has 0 saturated heterocycles. The number of furan rings is 1. The molecule has 3 heteroatoms. The highest BCUT2D eigenvalue weighted by Crippen LogP contribution is 2.50. The topological polar surface area (TPSA) is 23.0 Å². The van der Waals surface area contributed by atoms with Crippen molar-refractivity contribution in [2.45, 2.75) is 0 Å². The molecule has 3 heterocycles. The fourth-order valence-electron chi connectivity index (χ4n) is 9.90. The van der Waals surface area contributed by atoms with Crippen LogP contribution in [0.5, 0.6) is 0 Å². The summed E-state index contributed by atoms with van der Waals surface area (Å²) in [7, 11) is 0. The van der Waals surface area contributed by atoms with Crippen molar-refractivity contribution in [3.05, 3.63) is 206 Å². The molecule has 0 bridgehead atoms. The Hall–Kier alpha value is -7.88. The maximum absolute atomic E-state index is 6.64. The number of benzene rings is 10. The number of rotatable bonds is 4. The minimum absolute atomic E-state index is 0.892. The maximum atomic E-state index is 6.64. The molecule has 13 rings (SSSR count). The van der Waals surface area contributed by atoms with Gasteiger partial charge in [0.25, 0.3) is 0 Å². The lowest BCUT2D eigenvalue weighted by molar-refractivity contribution is 0.669. The van der Waals surface area contributed by atoms with Crippen LogP contribution in [0.4, 0.5) is 0 Å². The van der Waals surface area contributed by atoms with Crippen LogP contribution in [-0.2, 0) is 0 Å². The summed E-state index contributed by atoms with van der Waals surface area (Å²) in [5.74, 6) is 0. The molecule has 274 valence electrons. The molecule has 0 radical (unpaired) electrons. The van der Waals surface area contributed by atoms with E-state index in [1.54, 1.807) is 0 Å². The number of fused-ring (bicyclic) bond motifs is 11. The molecule has 0 atom stereocenters. The van der Waals surface area contributed by atoms with Crippen molar-refractivity contribution in [3.63, 3.8) is 0 Å². The van der Waals surface area contributed by atoms with Crippen LogP contribution in [0.15, 0.2) is 211 Å². The second-order valence-corrected chi connectivity index (χ2v) is 15.7. The molecule has 0 unspecified atom stereocenters. The van der Waals surface area contributed by atoms with Gasteiger partial charge >= 0.3 is 0 Å². The number of hydrogen-bond donors (Lipinski definition) is 0. The van der Waals surface area contributed by atoms with Crippen molar-refractivity contribution in [2.75, 3.05) is 0 Å². The average molecular weight is 751 g/mol. The smallest absolute Gasteiger partial charge is 0.136 e. The van der Waals surface area contributed by atoms with Gasteiger partial charge in [0.1, 0.15) is 11.2 Å². The normalized spacial score (nSPS) is 12.1. The molecule has 0 saturated carbocycles. The van der Waals surface area contributed by atoms with E-state index in [2.05, 4.69) is 216 Å². The van der Waals surface area contributed by atoms with Gasteiger partial charge in [0.05, 0.1) is 16.6 Å². The van der Waals surface area contributed by atoms with Crippen molar-refractivity contribution in [3.8, 4) is 33.6 Å². The summed E-state index contributed by atoms with van der Waals surface area (Å²) in [6.45, 7) is 0. The molecule has 13 aromatic rings. The molecule has 59 heavy (non-hydrogen) atoms. The molecule has 0 N–H and O–H groups in total. The van der Waals surface area contributed by atoms with Gasteiger partial charge in [0.2, 0.25) is 0 Å². The lowest BCUT2D eigenvalue weighted by atomic mass is 9.82. The minimum atomic E-state index is 0.892. The number of nitrogens with zero attached hydrogens (tertiary/aromatic N) is 2. The lowest BCUT2D eigenvalue weighted by Gasteiger charge is -2.21. The van der Waals surface area contributed by atoms with Gasteiger partial charge in [-0.1, -0.05) is 121 Å². The first-order valence-corrected chi connectivity index (χ1v) is 20.3. The Morgan fingerprint density at radius 1 is 0.322 bits per heavy atom. The van der Waals surface area contributed by atoms with Crippen molar-refractivity contribution >= 4 is 87.0 Å². The third kappa shape index (κ3) is 4.70. The van der Waals surface area contributed by atoms with E-state index >= 15 is 0 Å². The fourth-order valence-corrected chi connectivity index (χ4v) is 9.90. The van der Waals surface area contributed by atoms with Crippen molar-refractivity contribution < 1.29 is 4.42 Å². The van der Waals surface area contributed by atoms with Gasteiger partial charge < -0.3 is 13.6 Å². The van der Waals surface area contributed by atoms with E-state index in [1.165, 1.54) is 87.3 Å². The molecule has 0 aliphatic heterocycles. The van der Waals surface area contributed by atoms with E-state index in [0.717, 1.165) is 33.3 Å². The molecular weight excluding hydrogens is 717 g/mol. The van der Waals surface area contributed by atoms with Crippen molar-refractivity contribution in [1.82, 2.24) is 9.13 Å². The van der Waals surface area contributed by atoms with E-state index in [4.69, 9.17) is 4.42 Å². The summed E-state index contributed by atoms with van der Waals surface area (Å²) in [5, 5.41) is 13.1. The Morgan fingerprint density at radius 2 is 1.00 bits per heavy atom. The Labute approximate surface area is 339 Å². The van der Waals surface area contributed by atoms with Crippen LogP contribution in [0.3, 0.4) is 0 Å². The Balaban J connectivity index is 1.23. The SMILES string of the molecule is c1ccc(-n2ccc3cc4c(-c5cccc6ccccc56)c(-c5ccc6c(c5)c5ccccc5n6-c5ccccc5)c5cc6c(cc5c4cc32)oc2ccccc26)cc1. The van der Waals surface area contributed by atoms with Crippen LogP contribution in [-0.4, -0.2) is 9.13 Å². The van der Waals surface area contributed by atoms with Gasteiger partial charge in [-0.05, 0) is 133 Å². The molecule has 3 nitrogen and oxygen atoms in total. The van der Waals surface area contributed by atoms with Gasteiger partial charge in [-0.15, -0.1) is 0 Å². The van der Waals surface area contributed by atoms with Gasteiger partial charge in [-0.2, -0.15) is 0 Å². The van der Waals surface area contributed by atoms with E-state index in [1.807, 2.05) is 0 Å². The molecule has 3 aromatic heterocycles. The van der Waals surface area contributed by atoms with Crippen LogP contribution < -0.4 is 0 Å². The Bertz CT molecular complexity index is 3820. The fraction of sp³-hybridized carbons (Fsp3) is 0. The second-order valence-electron chi connectivity index (χ2n) is 15.7. The van der Waals surface area contributed by atoms with Gasteiger partial charge in [-0.25, -0.2) is 0 Å². The highest BCUT2D eigenvalue weighted by molar-refractivity contribution is 6.28. The minimum Gasteiger partial charge on any atom is -0.456 e. The summed E-state index contributed by atoms with van der Waals surface area (Å²) in [6.07, 6.45) is 2.20. The van der Waals surface area contributed by atoms with Crippen molar-refractivity contribution in [2.24, 2.45) is 0 Å². The molecule has 0 amide bonds. The number of aromatic nitrogens is 2. The zero-order valence-corrected chi connectivity index (χ0v) is 31.9. The average Bonchev–Trinajstić information content (AvgIpc) is 3.99. The van der Waals surface area contributed by atoms with E-state index < -0.39 is 0 Å². The molecule has 0 spiro atoms. The third-order valence-electron chi connectivity index (χ3n) is 12.5. The largest absolute Gasteiger partial charge is 0.456 e. The van der Waals surface area contributed by atoms with Gasteiger partial charge in [0, 0.05) is 44.5 Å². The summed E-state index contributed by atoms with van der Waals surface area (Å²) in [5.41, 5.74) is 12.5. The Morgan fingerprint density at radius 3 is 1.86 bits per heavy atom. The van der Waals surface area contributed by atoms with Gasteiger partial charge in [0.15, 0.2) is 0 Å². The zero-order valence-electron chi connectivity index (χ0n) is 31.9. The Kier molecular flexibility index (Phi) is 6.72. The summed E-state index contributed by atoms with van der Waals surface area (Å²) in [4.78, 5) is 0. The van der Waals surface area contributed by atoms with Crippen LogP contribution in [0.2, 0.25) is 0 Å². The molecule has 0 aliphatic rings. The van der Waals surface area contributed by atoms with Crippen LogP contribution in [0, 0.1) is 0 Å². The predicted molar refractivity (Wildman–Crippen MR) is 248 cm³/mol. The maximum Gasteiger partial charge on any atom is 0.136 e. The third-order valence-corrected chi connectivity index (χ3v) is 12.5. The monoisotopic (exact) mass is 750 g/mol. The zero-order chi connectivity index (χ0) is 38.6. The molecule has 0 aliphatic carbocycles. The highest BCUT2D eigenvalue weighted by atomic mass is 16.3. The van der Waals surface area contributed by atoms with E-state index in [0.29, 0.717) is 0 Å². The summed E-state index contributed by atoms with van der Waals surface area (Å²) in [6, 6.07) is 73.0. The molecule has 10 aromatic carbocycles. The van der Waals surface area contributed by atoms with Crippen LogP contribution in [0.25, 0.3) is 121 Å². The predicted octanol–water partition coefficient (Wildman–Crippen LogP) is 15.4. The second kappa shape index (κ2) is 12.3. The van der Waals surface area contributed by atoms with E-state index in [9.17, 15) is 0 Å². The summed E-state index contributed by atoms with van der Waals surface area (Å²) >= 11 is 0.